The summed E-state index contributed by atoms with van der Waals surface area (Å²) in [6, 6.07) is 0. The van der Waals surface area contributed by atoms with Crippen molar-refractivity contribution in [3.63, 3.8) is 0 Å². The van der Waals surface area contributed by atoms with Crippen molar-refractivity contribution in [2.24, 2.45) is 0 Å². The highest BCUT2D eigenvalue weighted by Crippen LogP contribution is 2.13. The molecule has 6 heteroatoms. The monoisotopic (exact) mass is 875 g/mol. The zero-order valence-corrected chi connectivity index (χ0v) is 40.8. The Balaban J connectivity index is 4.52. The average molecular weight is 875 g/mol. The number of carbonyl (C=O) groups excluding carboxylic acids is 3. The molecular weight excluding hydrogens is 781 g/mol. The van der Waals surface area contributed by atoms with Crippen LogP contribution in [0.15, 0.2) is 97.2 Å². The first kappa shape index (κ1) is 59.3. The zero-order chi connectivity index (χ0) is 45.8. The van der Waals surface area contributed by atoms with Crippen molar-refractivity contribution in [3.05, 3.63) is 97.2 Å². The fourth-order valence-corrected chi connectivity index (χ4v) is 6.68. The standard InChI is InChI=1S/C57H94O6/c1-4-7-10-13-16-19-22-25-27-28-30-32-35-38-41-44-47-50-56(59)62-53-54(52-61-55(58)49-46-43-40-37-34-31-24-21-18-15-12-9-6-3)63-57(60)51-48-45-42-39-36-33-29-26-23-20-17-14-11-8-5-2/h7,10,16-17,19-21,24-27,29-30,32,38,41,54H,4-6,8-9,11-15,18,22-23,28,31,33-37,39-40,42-53H2,1-3H3/b10-7-,19-16-,20-17-,24-21-,27-25-,29-26-,32-30-,41-38-. The summed E-state index contributed by atoms with van der Waals surface area (Å²) in [5, 5.41) is 0. The topological polar surface area (TPSA) is 78.9 Å². The van der Waals surface area contributed by atoms with Crippen molar-refractivity contribution in [1.82, 2.24) is 0 Å². The maximum absolute atomic E-state index is 12.8. The van der Waals surface area contributed by atoms with E-state index >= 15 is 0 Å². The highest BCUT2D eigenvalue weighted by Gasteiger charge is 2.19. The predicted octanol–water partition coefficient (Wildman–Crippen LogP) is 17.0. The molecule has 0 aromatic rings. The normalized spacial score (nSPS) is 12.9. The van der Waals surface area contributed by atoms with E-state index < -0.39 is 6.10 Å². The van der Waals surface area contributed by atoms with E-state index in [1.807, 2.05) is 0 Å². The summed E-state index contributed by atoms with van der Waals surface area (Å²) in [6.45, 7) is 6.40. The van der Waals surface area contributed by atoms with E-state index in [-0.39, 0.29) is 37.5 Å². The van der Waals surface area contributed by atoms with Gasteiger partial charge in [-0.15, -0.1) is 0 Å². The first-order chi connectivity index (χ1) is 31.0. The number of ether oxygens (including phenoxy) is 3. The summed E-state index contributed by atoms with van der Waals surface area (Å²) in [5.41, 5.74) is 0. The van der Waals surface area contributed by atoms with Gasteiger partial charge in [-0.25, -0.2) is 0 Å². The van der Waals surface area contributed by atoms with E-state index in [2.05, 4.69) is 118 Å². The summed E-state index contributed by atoms with van der Waals surface area (Å²) in [5.74, 6) is -0.993. The van der Waals surface area contributed by atoms with E-state index in [9.17, 15) is 14.4 Å². The second-order valence-electron chi connectivity index (χ2n) is 16.7. The molecule has 1 unspecified atom stereocenters. The van der Waals surface area contributed by atoms with Gasteiger partial charge in [0.05, 0.1) is 0 Å². The van der Waals surface area contributed by atoms with Gasteiger partial charge in [-0.1, -0.05) is 189 Å². The molecule has 358 valence electrons. The third-order valence-corrected chi connectivity index (χ3v) is 10.5. The van der Waals surface area contributed by atoms with Crippen LogP contribution < -0.4 is 0 Å². The van der Waals surface area contributed by atoms with Crippen LogP contribution in [0.3, 0.4) is 0 Å². The largest absolute Gasteiger partial charge is 0.462 e. The molecule has 0 saturated carbocycles. The molecule has 0 radical (unpaired) electrons. The Labute approximate surface area is 387 Å². The molecule has 0 spiro atoms. The molecule has 0 rings (SSSR count). The fraction of sp³-hybridized carbons (Fsp3) is 0.667. The van der Waals surface area contributed by atoms with E-state index in [4.69, 9.17) is 14.2 Å². The van der Waals surface area contributed by atoms with Gasteiger partial charge in [0.25, 0.3) is 0 Å². The molecule has 0 aliphatic rings. The summed E-state index contributed by atoms with van der Waals surface area (Å²) in [4.78, 5) is 38.0. The van der Waals surface area contributed by atoms with Crippen molar-refractivity contribution in [3.8, 4) is 0 Å². The van der Waals surface area contributed by atoms with Crippen molar-refractivity contribution < 1.29 is 28.6 Å². The Morgan fingerprint density at radius 2 is 0.635 bits per heavy atom. The van der Waals surface area contributed by atoms with Gasteiger partial charge in [0, 0.05) is 19.3 Å². The van der Waals surface area contributed by atoms with Gasteiger partial charge >= 0.3 is 17.9 Å². The van der Waals surface area contributed by atoms with Crippen LogP contribution >= 0.6 is 0 Å². The van der Waals surface area contributed by atoms with Crippen LogP contribution in [-0.2, 0) is 28.6 Å². The van der Waals surface area contributed by atoms with Crippen molar-refractivity contribution in [2.75, 3.05) is 13.2 Å². The van der Waals surface area contributed by atoms with Gasteiger partial charge in [-0.2, -0.15) is 0 Å². The average Bonchev–Trinajstić information content (AvgIpc) is 3.28. The quantitative estimate of drug-likeness (QED) is 0.0262. The number of allylic oxidation sites excluding steroid dienone is 16. The third kappa shape index (κ3) is 49.2. The SMILES string of the molecule is CC/C=C\C/C=C\C/C=C\C/C=C\C/C=C\CCCC(=O)OCC(COC(=O)CCCCCCC/C=C\CCCCCC)OC(=O)CCCCCCC/C=C\C/C=C\CCCCC. The second kappa shape index (κ2) is 51.0. The minimum atomic E-state index is -0.811. The lowest BCUT2D eigenvalue weighted by atomic mass is 10.1. The van der Waals surface area contributed by atoms with Crippen molar-refractivity contribution in [1.29, 1.82) is 0 Å². The lowest BCUT2D eigenvalue weighted by Gasteiger charge is -2.18. The summed E-state index contributed by atoms with van der Waals surface area (Å²) >= 11 is 0. The molecule has 0 heterocycles. The number of hydrogen-bond acceptors (Lipinski definition) is 6. The number of carbonyl (C=O) groups is 3. The van der Waals surface area contributed by atoms with Gasteiger partial charge < -0.3 is 14.2 Å². The fourth-order valence-electron chi connectivity index (χ4n) is 6.68. The highest BCUT2D eigenvalue weighted by atomic mass is 16.6. The van der Waals surface area contributed by atoms with Crippen LogP contribution in [0, 0.1) is 0 Å². The second-order valence-corrected chi connectivity index (χ2v) is 16.7. The Kier molecular flexibility index (Phi) is 48.0. The molecule has 0 amide bonds. The molecule has 0 aliphatic heterocycles. The predicted molar refractivity (Wildman–Crippen MR) is 270 cm³/mol. The molecule has 0 bridgehead atoms. The molecule has 6 nitrogen and oxygen atoms in total. The van der Waals surface area contributed by atoms with E-state index in [0.29, 0.717) is 19.3 Å². The van der Waals surface area contributed by atoms with Crippen LogP contribution in [0.1, 0.15) is 226 Å². The van der Waals surface area contributed by atoms with Crippen molar-refractivity contribution >= 4 is 17.9 Å². The lowest BCUT2D eigenvalue weighted by Crippen LogP contribution is -2.30. The number of esters is 3. The van der Waals surface area contributed by atoms with Crippen LogP contribution in [0.5, 0.6) is 0 Å². The Bertz CT molecular complexity index is 1280. The number of hydrogen-bond donors (Lipinski definition) is 0. The summed E-state index contributed by atoms with van der Waals surface area (Å²) in [7, 11) is 0. The minimum absolute atomic E-state index is 0.106. The van der Waals surface area contributed by atoms with Crippen LogP contribution in [0.4, 0.5) is 0 Å². The third-order valence-electron chi connectivity index (χ3n) is 10.5. The lowest BCUT2D eigenvalue weighted by molar-refractivity contribution is -0.167. The number of rotatable bonds is 45. The Morgan fingerprint density at radius 3 is 1.08 bits per heavy atom. The Morgan fingerprint density at radius 1 is 0.333 bits per heavy atom. The first-order valence-corrected chi connectivity index (χ1v) is 25.7. The van der Waals surface area contributed by atoms with E-state index in [1.54, 1.807) is 0 Å². The molecule has 0 aliphatic carbocycles. The maximum atomic E-state index is 12.8. The summed E-state index contributed by atoms with van der Waals surface area (Å²) in [6.07, 6.45) is 66.7. The first-order valence-electron chi connectivity index (χ1n) is 25.7. The smallest absolute Gasteiger partial charge is 0.306 e. The highest BCUT2D eigenvalue weighted by molar-refractivity contribution is 5.71. The van der Waals surface area contributed by atoms with Crippen LogP contribution in [0.2, 0.25) is 0 Å². The molecule has 0 N–H and O–H groups in total. The molecule has 0 fully saturated rings. The van der Waals surface area contributed by atoms with Crippen LogP contribution in [-0.4, -0.2) is 37.2 Å². The van der Waals surface area contributed by atoms with E-state index in [0.717, 1.165) is 116 Å². The Hall–Kier alpha value is -3.67. The van der Waals surface area contributed by atoms with Crippen LogP contribution in [0.25, 0.3) is 0 Å². The van der Waals surface area contributed by atoms with Gasteiger partial charge in [0.2, 0.25) is 0 Å². The molecule has 0 aromatic heterocycles. The molecular formula is C57H94O6. The van der Waals surface area contributed by atoms with Gasteiger partial charge in [-0.05, 0) is 116 Å². The molecule has 0 aromatic carbocycles. The summed E-state index contributed by atoms with van der Waals surface area (Å²) < 4.78 is 16.7. The number of unbranched alkanes of at least 4 members (excludes halogenated alkanes) is 18. The molecule has 63 heavy (non-hydrogen) atoms. The van der Waals surface area contributed by atoms with Gasteiger partial charge in [-0.3, -0.25) is 14.4 Å². The zero-order valence-electron chi connectivity index (χ0n) is 40.8. The molecule has 0 saturated heterocycles. The minimum Gasteiger partial charge on any atom is -0.462 e. The maximum Gasteiger partial charge on any atom is 0.306 e. The van der Waals surface area contributed by atoms with Crippen molar-refractivity contribution in [2.45, 2.75) is 232 Å². The van der Waals surface area contributed by atoms with E-state index in [1.165, 1.54) is 64.2 Å². The van der Waals surface area contributed by atoms with Gasteiger partial charge in [0.1, 0.15) is 13.2 Å². The van der Waals surface area contributed by atoms with Gasteiger partial charge in [0.15, 0.2) is 6.10 Å². The molecule has 1 atom stereocenters.